The van der Waals surface area contributed by atoms with Crippen molar-refractivity contribution in [1.82, 2.24) is 0 Å². The highest BCUT2D eigenvalue weighted by atomic mass is 32.2. The molecule has 0 amide bonds. The van der Waals surface area contributed by atoms with Crippen LogP contribution in [0.2, 0.25) is 0 Å². The van der Waals surface area contributed by atoms with Gasteiger partial charge >= 0.3 is 0 Å². The molecule has 0 fully saturated rings. The minimum absolute atomic E-state index is 0.0764. The Balaban J connectivity index is 1.43. The van der Waals surface area contributed by atoms with Gasteiger partial charge in [0, 0.05) is 0 Å². The van der Waals surface area contributed by atoms with Gasteiger partial charge in [-0.2, -0.15) is 0 Å². The van der Waals surface area contributed by atoms with Crippen molar-refractivity contribution in [3.05, 3.63) is 120 Å². The van der Waals surface area contributed by atoms with E-state index >= 15 is 0 Å². The number of hydrogen-bond acceptors (Lipinski definition) is 5. The van der Waals surface area contributed by atoms with E-state index in [1.165, 1.54) is 24.3 Å². The summed E-state index contributed by atoms with van der Waals surface area (Å²) in [5.74, 6) is 0.752. The van der Waals surface area contributed by atoms with Gasteiger partial charge in [-0.15, -0.1) is 0 Å². The second-order valence-electron chi connectivity index (χ2n) is 7.53. The highest BCUT2D eigenvalue weighted by Gasteiger charge is 2.17. The lowest BCUT2D eigenvalue weighted by Crippen LogP contribution is -2.05. The Hall–Kier alpha value is -3.42. The first kappa shape index (κ1) is 22.8. The fourth-order valence-electron chi connectivity index (χ4n) is 3.32. The van der Waals surface area contributed by atoms with Crippen molar-refractivity contribution in [1.29, 1.82) is 0 Å². The van der Waals surface area contributed by atoms with Crippen LogP contribution in [0.3, 0.4) is 0 Å². The van der Waals surface area contributed by atoms with Gasteiger partial charge in [-0.25, -0.2) is 16.8 Å². The van der Waals surface area contributed by atoms with Gasteiger partial charge in [-0.05, 0) is 59.7 Å². The quantitative estimate of drug-likeness (QED) is 0.338. The number of rotatable bonds is 8. The van der Waals surface area contributed by atoms with E-state index in [9.17, 15) is 16.8 Å². The molecule has 7 heteroatoms. The Morgan fingerprint density at radius 3 is 1.12 bits per heavy atom. The van der Waals surface area contributed by atoms with E-state index in [-0.39, 0.29) is 21.3 Å². The molecule has 33 heavy (non-hydrogen) atoms. The molecule has 0 bridgehead atoms. The fourth-order valence-corrected chi connectivity index (χ4v) is 6.02. The van der Waals surface area contributed by atoms with E-state index in [0.29, 0.717) is 11.5 Å². The van der Waals surface area contributed by atoms with E-state index < -0.39 is 19.7 Å². The van der Waals surface area contributed by atoms with E-state index in [2.05, 4.69) is 0 Å². The van der Waals surface area contributed by atoms with Crippen molar-refractivity contribution in [2.45, 2.75) is 21.3 Å². The van der Waals surface area contributed by atoms with E-state index in [1.54, 1.807) is 72.8 Å². The largest absolute Gasteiger partial charge is 0.457 e. The topological polar surface area (TPSA) is 77.5 Å². The first-order valence-electron chi connectivity index (χ1n) is 10.2. The molecule has 0 N–H and O–H groups in total. The number of sulfone groups is 2. The van der Waals surface area contributed by atoms with Crippen molar-refractivity contribution in [2.75, 3.05) is 0 Å². The molecule has 0 aliphatic heterocycles. The highest BCUT2D eigenvalue weighted by molar-refractivity contribution is 7.91. The van der Waals surface area contributed by atoms with Crippen LogP contribution in [0.4, 0.5) is 0 Å². The lowest BCUT2D eigenvalue weighted by Gasteiger charge is -2.09. The van der Waals surface area contributed by atoms with Crippen molar-refractivity contribution in [3.63, 3.8) is 0 Å². The summed E-state index contributed by atoms with van der Waals surface area (Å²) in [6, 6.07) is 30.4. The van der Waals surface area contributed by atoms with E-state index in [0.717, 1.165) is 11.1 Å². The molecule has 5 nitrogen and oxygen atoms in total. The molecule has 4 rings (SSSR count). The third-order valence-corrected chi connectivity index (χ3v) is 8.41. The SMILES string of the molecule is O=S(=O)(Cc1ccccc1)c1ccc(Oc2ccc(S(=O)(=O)Cc3ccccc3)cc2)cc1. The van der Waals surface area contributed by atoms with E-state index in [1.807, 2.05) is 12.1 Å². The van der Waals surface area contributed by atoms with Crippen molar-refractivity contribution in [3.8, 4) is 11.5 Å². The molecule has 0 atom stereocenters. The minimum atomic E-state index is -3.47. The molecule has 0 aliphatic rings. The van der Waals surface area contributed by atoms with Crippen LogP contribution in [0.5, 0.6) is 11.5 Å². The second kappa shape index (κ2) is 9.60. The maximum absolute atomic E-state index is 12.6. The van der Waals surface area contributed by atoms with Crippen molar-refractivity contribution >= 4 is 19.7 Å². The summed E-state index contributed by atoms with van der Waals surface area (Å²) in [5, 5.41) is 0. The van der Waals surface area contributed by atoms with Crippen LogP contribution in [0.25, 0.3) is 0 Å². The van der Waals surface area contributed by atoms with Gasteiger partial charge in [0.2, 0.25) is 0 Å². The Morgan fingerprint density at radius 2 is 0.788 bits per heavy atom. The lowest BCUT2D eigenvalue weighted by atomic mass is 10.2. The molecule has 0 saturated heterocycles. The third-order valence-electron chi connectivity index (χ3n) is 5.00. The molecule has 0 saturated carbocycles. The highest BCUT2D eigenvalue weighted by Crippen LogP contribution is 2.26. The van der Waals surface area contributed by atoms with Crippen LogP contribution in [0.1, 0.15) is 11.1 Å². The van der Waals surface area contributed by atoms with Gasteiger partial charge in [0.1, 0.15) is 11.5 Å². The standard InChI is InChI=1S/C26H22O5S2/c27-32(28,19-21-7-3-1-4-8-21)25-15-11-23(12-16-25)31-24-13-17-26(18-14-24)33(29,30)20-22-9-5-2-6-10-22/h1-18H,19-20H2. The number of ether oxygens (including phenoxy) is 1. The first-order chi connectivity index (χ1) is 15.8. The van der Waals surface area contributed by atoms with Crippen molar-refractivity contribution in [2.24, 2.45) is 0 Å². The van der Waals surface area contributed by atoms with Gasteiger partial charge in [0.15, 0.2) is 19.7 Å². The smallest absolute Gasteiger partial charge is 0.182 e. The Kier molecular flexibility index (Phi) is 6.62. The van der Waals surface area contributed by atoms with Gasteiger partial charge in [0.05, 0.1) is 21.3 Å². The maximum atomic E-state index is 12.6. The molecule has 0 heterocycles. The molecule has 4 aromatic carbocycles. The Bertz CT molecular complexity index is 1300. The third kappa shape index (κ3) is 5.88. The summed E-state index contributed by atoms with van der Waals surface area (Å²) in [5.41, 5.74) is 1.44. The summed E-state index contributed by atoms with van der Waals surface area (Å²) < 4.78 is 56.3. The molecule has 0 spiro atoms. The fraction of sp³-hybridized carbons (Fsp3) is 0.0769. The Morgan fingerprint density at radius 1 is 0.455 bits per heavy atom. The van der Waals surface area contributed by atoms with Crippen LogP contribution in [-0.2, 0) is 31.2 Å². The Labute approximate surface area is 194 Å². The maximum Gasteiger partial charge on any atom is 0.182 e. The zero-order valence-electron chi connectivity index (χ0n) is 17.7. The summed E-state index contributed by atoms with van der Waals surface area (Å²) in [6.45, 7) is 0. The van der Waals surface area contributed by atoms with Crippen LogP contribution in [-0.4, -0.2) is 16.8 Å². The molecule has 4 aromatic rings. The first-order valence-corrected chi connectivity index (χ1v) is 13.5. The molecule has 168 valence electrons. The van der Waals surface area contributed by atoms with Gasteiger partial charge in [-0.1, -0.05) is 60.7 Å². The minimum Gasteiger partial charge on any atom is -0.457 e. The average Bonchev–Trinajstić information content (AvgIpc) is 2.81. The molecular weight excluding hydrogens is 456 g/mol. The molecule has 0 aromatic heterocycles. The number of hydrogen-bond donors (Lipinski definition) is 0. The van der Waals surface area contributed by atoms with Gasteiger partial charge in [-0.3, -0.25) is 0 Å². The van der Waals surface area contributed by atoms with Crippen LogP contribution < -0.4 is 4.74 Å². The van der Waals surface area contributed by atoms with Gasteiger partial charge < -0.3 is 4.74 Å². The second-order valence-corrected chi connectivity index (χ2v) is 11.5. The van der Waals surface area contributed by atoms with Gasteiger partial charge in [0.25, 0.3) is 0 Å². The molecule has 0 unspecified atom stereocenters. The molecular formula is C26H22O5S2. The monoisotopic (exact) mass is 478 g/mol. The van der Waals surface area contributed by atoms with Crippen molar-refractivity contribution < 1.29 is 21.6 Å². The predicted octanol–water partition coefficient (Wildman–Crippen LogP) is 5.43. The van der Waals surface area contributed by atoms with Crippen LogP contribution in [0.15, 0.2) is 119 Å². The summed E-state index contributed by atoms with van der Waals surface area (Å²) in [4.78, 5) is 0.419. The summed E-state index contributed by atoms with van der Waals surface area (Å²) >= 11 is 0. The predicted molar refractivity (Wildman–Crippen MR) is 128 cm³/mol. The normalized spacial score (nSPS) is 11.8. The van der Waals surface area contributed by atoms with Crippen LogP contribution in [0, 0.1) is 0 Å². The summed E-state index contributed by atoms with van der Waals surface area (Å²) in [6.07, 6.45) is 0. The van der Waals surface area contributed by atoms with E-state index in [4.69, 9.17) is 4.74 Å². The lowest BCUT2D eigenvalue weighted by molar-refractivity contribution is 0.481. The molecule has 0 aliphatic carbocycles. The number of benzene rings is 4. The average molecular weight is 479 g/mol. The zero-order chi connectivity index (χ0) is 23.3. The zero-order valence-corrected chi connectivity index (χ0v) is 19.3. The molecule has 0 radical (unpaired) electrons. The van der Waals surface area contributed by atoms with Crippen LogP contribution >= 0.6 is 0 Å². The summed E-state index contributed by atoms with van der Waals surface area (Å²) in [7, 11) is -6.95.